The fourth-order valence-electron chi connectivity index (χ4n) is 3.48. The van der Waals surface area contributed by atoms with Crippen LogP contribution >= 0.6 is 0 Å². The Bertz CT molecular complexity index is 895. The van der Waals surface area contributed by atoms with Gasteiger partial charge in [-0.15, -0.1) is 0 Å². The van der Waals surface area contributed by atoms with Crippen LogP contribution in [0.3, 0.4) is 0 Å². The van der Waals surface area contributed by atoms with Gasteiger partial charge in [0.25, 0.3) is 11.8 Å². The topological polar surface area (TPSA) is 76.5 Å². The van der Waals surface area contributed by atoms with E-state index in [1.807, 2.05) is 20.0 Å². The number of aromatic nitrogens is 2. The maximum Gasteiger partial charge on any atom is 0.258 e. The summed E-state index contributed by atoms with van der Waals surface area (Å²) in [7, 11) is 3.64. The van der Waals surface area contributed by atoms with Gasteiger partial charge in [0.05, 0.1) is 11.7 Å². The van der Waals surface area contributed by atoms with Gasteiger partial charge in [-0.3, -0.25) is 9.59 Å². The molecule has 2 amide bonds. The highest BCUT2D eigenvalue weighted by atomic mass is 16.5. The lowest BCUT2D eigenvalue weighted by Gasteiger charge is -2.38. The molecule has 0 radical (unpaired) electrons. The van der Waals surface area contributed by atoms with Gasteiger partial charge in [-0.2, -0.15) is 0 Å². The predicted molar refractivity (Wildman–Crippen MR) is 101 cm³/mol. The van der Waals surface area contributed by atoms with Crippen molar-refractivity contribution < 1.29 is 14.3 Å². The van der Waals surface area contributed by atoms with Crippen LogP contribution in [0, 0.1) is 6.92 Å². The Kier molecular flexibility index (Phi) is 4.47. The minimum absolute atomic E-state index is 0.0758. The van der Waals surface area contributed by atoms with Crippen molar-refractivity contribution in [2.24, 2.45) is 7.05 Å². The molecule has 4 rings (SSSR count). The molecular weight excluding hydrogens is 344 g/mol. The van der Waals surface area contributed by atoms with E-state index in [9.17, 15) is 9.59 Å². The number of hydrogen-bond acceptors (Lipinski definition) is 4. The Labute approximate surface area is 158 Å². The van der Waals surface area contributed by atoms with Crippen LogP contribution in [0.15, 0.2) is 24.4 Å². The smallest absolute Gasteiger partial charge is 0.258 e. The molecule has 1 saturated heterocycles. The molecule has 2 aromatic heterocycles. The molecule has 2 aliphatic rings. The number of amides is 2. The second-order valence-corrected chi connectivity index (χ2v) is 7.35. The zero-order chi connectivity index (χ0) is 19.1. The number of methoxy groups -OCH3 is 1. The van der Waals surface area contributed by atoms with Gasteiger partial charge < -0.3 is 19.5 Å². The minimum atomic E-state index is -0.199. The van der Waals surface area contributed by atoms with Crippen molar-refractivity contribution in [3.8, 4) is 0 Å². The van der Waals surface area contributed by atoms with Crippen molar-refractivity contribution in [3.63, 3.8) is 0 Å². The van der Waals surface area contributed by atoms with Crippen molar-refractivity contribution in [3.05, 3.63) is 46.9 Å². The van der Waals surface area contributed by atoms with E-state index in [0.717, 1.165) is 5.69 Å². The predicted octanol–water partition coefficient (Wildman–Crippen LogP) is 2.33. The first-order valence-corrected chi connectivity index (χ1v) is 9.23. The van der Waals surface area contributed by atoms with Gasteiger partial charge in [-0.25, -0.2) is 4.98 Å². The average molecular weight is 368 g/mol. The molecule has 1 N–H and O–H groups in total. The number of nitrogens with zero attached hydrogens (tertiary/aromatic N) is 3. The first-order valence-electron chi connectivity index (χ1n) is 9.23. The first-order chi connectivity index (χ1) is 13.0. The number of hydrogen-bond donors (Lipinski definition) is 1. The summed E-state index contributed by atoms with van der Waals surface area (Å²) < 4.78 is 7.30. The van der Waals surface area contributed by atoms with Crippen molar-refractivity contribution in [1.82, 2.24) is 14.5 Å². The third kappa shape index (κ3) is 3.35. The maximum atomic E-state index is 12.7. The van der Waals surface area contributed by atoms with Gasteiger partial charge in [0.15, 0.2) is 0 Å². The monoisotopic (exact) mass is 368 g/mol. The van der Waals surface area contributed by atoms with E-state index in [4.69, 9.17) is 4.74 Å². The van der Waals surface area contributed by atoms with Gasteiger partial charge in [0.2, 0.25) is 0 Å². The zero-order valence-corrected chi connectivity index (χ0v) is 15.9. The molecule has 0 aromatic carbocycles. The minimum Gasteiger partial charge on any atom is -0.378 e. The largest absolute Gasteiger partial charge is 0.378 e. The number of ether oxygens (including phenoxy) is 1. The highest BCUT2D eigenvalue weighted by molar-refractivity contribution is 6.05. The molecular formula is C20H24N4O3. The van der Waals surface area contributed by atoms with E-state index < -0.39 is 0 Å². The normalized spacial score (nSPS) is 16.9. The highest BCUT2D eigenvalue weighted by Gasteiger charge is 2.31. The molecule has 2 aromatic rings. The molecule has 0 bridgehead atoms. The summed E-state index contributed by atoms with van der Waals surface area (Å²) in [6, 6.07) is 5.26. The molecule has 7 heteroatoms. The van der Waals surface area contributed by atoms with Crippen LogP contribution in [0.4, 0.5) is 5.82 Å². The van der Waals surface area contributed by atoms with Crippen molar-refractivity contribution in [1.29, 1.82) is 0 Å². The fraction of sp³-hybridized carbons (Fsp3) is 0.450. The average Bonchev–Trinajstić information content (AvgIpc) is 3.41. The molecule has 7 nitrogen and oxygen atoms in total. The zero-order valence-electron chi connectivity index (χ0n) is 15.9. The van der Waals surface area contributed by atoms with E-state index in [2.05, 4.69) is 14.9 Å². The van der Waals surface area contributed by atoms with Crippen LogP contribution in [0.1, 0.15) is 50.9 Å². The number of carbonyl (C=O) groups is 2. The number of carbonyl (C=O) groups excluding carboxylic acids is 2. The van der Waals surface area contributed by atoms with E-state index in [-0.39, 0.29) is 17.9 Å². The van der Waals surface area contributed by atoms with E-state index in [0.29, 0.717) is 36.0 Å². The second-order valence-electron chi connectivity index (χ2n) is 7.35. The third-order valence-electron chi connectivity index (χ3n) is 5.53. The first kappa shape index (κ1) is 17.7. The number of nitrogens with one attached hydrogen (secondary N) is 1. The Morgan fingerprint density at radius 3 is 2.67 bits per heavy atom. The molecule has 1 aliphatic carbocycles. The number of pyridine rings is 1. The van der Waals surface area contributed by atoms with Gasteiger partial charge in [0, 0.05) is 50.4 Å². The summed E-state index contributed by atoms with van der Waals surface area (Å²) in [4.78, 5) is 31.2. The number of likely N-dealkylation sites (tertiary alicyclic amines) is 1. The van der Waals surface area contributed by atoms with E-state index in [1.165, 1.54) is 18.5 Å². The molecule has 27 heavy (non-hydrogen) atoms. The third-order valence-corrected chi connectivity index (χ3v) is 5.53. The van der Waals surface area contributed by atoms with Crippen LogP contribution in [0.2, 0.25) is 0 Å². The quantitative estimate of drug-likeness (QED) is 0.879. The standard InChI is InChI=1S/C20H24N4O3/c1-12-16(9-17(23(12)2)13-4-5-13)19(25)22-18-8-14(6-7-21-18)20(26)24-10-15(11-24)27-3/h6-9,13,15H,4-5,10-11H2,1-3H3,(H,21,22,25). The summed E-state index contributed by atoms with van der Waals surface area (Å²) in [6.07, 6.45) is 4.02. The van der Waals surface area contributed by atoms with Crippen molar-refractivity contribution in [2.45, 2.75) is 31.8 Å². The Balaban J connectivity index is 1.48. The molecule has 1 saturated carbocycles. The van der Waals surface area contributed by atoms with Crippen molar-refractivity contribution in [2.75, 3.05) is 25.5 Å². The van der Waals surface area contributed by atoms with Gasteiger partial charge in [0.1, 0.15) is 5.82 Å². The molecule has 0 atom stereocenters. The summed E-state index contributed by atoms with van der Waals surface area (Å²) in [5, 5.41) is 2.83. The van der Waals surface area contributed by atoms with E-state index in [1.54, 1.807) is 30.3 Å². The molecule has 1 aliphatic heterocycles. The Morgan fingerprint density at radius 2 is 2.00 bits per heavy atom. The summed E-state index contributed by atoms with van der Waals surface area (Å²) in [5.74, 6) is 0.677. The lowest BCUT2D eigenvalue weighted by molar-refractivity contribution is -0.0191. The van der Waals surface area contributed by atoms with Crippen molar-refractivity contribution >= 4 is 17.6 Å². The summed E-state index contributed by atoms with van der Waals surface area (Å²) in [5.41, 5.74) is 3.31. The number of rotatable bonds is 5. The molecule has 142 valence electrons. The fourth-order valence-corrected chi connectivity index (χ4v) is 3.48. The van der Waals surface area contributed by atoms with Crippen LogP contribution in [0.5, 0.6) is 0 Å². The lowest BCUT2D eigenvalue weighted by Crippen LogP contribution is -2.54. The SMILES string of the molecule is COC1CN(C(=O)c2ccnc(NC(=O)c3cc(C4CC4)n(C)c3C)c2)C1. The van der Waals surface area contributed by atoms with E-state index >= 15 is 0 Å². The summed E-state index contributed by atoms with van der Waals surface area (Å²) >= 11 is 0. The highest BCUT2D eigenvalue weighted by Crippen LogP contribution is 2.41. The molecule has 0 unspecified atom stereocenters. The van der Waals surface area contributed by atoms with Crippen LogP contribution < -0.4 is 5.32 Å². The Morgan fingerprint density at radius 1 is 1.26 bits per heavy atom. The van der Waals surface area contributed by atoms with Crippen LogP contribution in [0.25, 0.3) is 0 Å². The van der Waals surface area contributed by atoms with Gasteiger partial charge >= 0.3 is 0 Å². The lowest BCUT2D eigenvalue weighted by atomic mass is 10.1. The molecule has 2 fully saturated rings. The number of anilines is 1. The van der Waals surface area contributed by atoms with Crippen LogP contribution in [-0.2, 0) is 11.8 Å². The van der Waals surface area contributed by atoms with Gasteiger partial charge in [-0.1, -0.05) is 0 Å². The van der Waals surface area contributed by atoms with Crippen LogP contribution in [-0.4, -0.2) is 52.6 Å². The maximum absolute atomic E-state index is 12.7. The Hall–Kier alpha value is -2.67. The second kappa shape index (κ2) is 6.81. The summed E-state index contributed by atoms with van der Waals surface area (Å²) in [6.45, 7) is 3.13. The van der Waals surface area contributed by atoms with Gasteiger partial charge in [-0.05, 0) is 43.9 Å². The molecule has 3 heterocycles. The molecule has 0 spiro atoms.